The van der Waals surface area contributed by atoms with Gasteiger partial charge in [-0.2, -0.15) is 0 Å². The van der Waals surface area contributed by atoms with Gasteiger partial charge in [0.1, 0.15) is 17.7 Å². The van der Waals surface area contributed by atoms with Crippen LogP contribution in [-0.4, -0.2) is 86.7 Å². The van der Waals surface area contributed by atoms with Crippen LogP contribution in [0.3, 0.4) is 0 Å². The molecule has 0 radical (unpaired) electrons. The number of H-pyrrole nitrogens is 2. The van der Waals surface area contributed by atoms with Crippen molar-refractivity contribution < 1.29 is 28.7 Å². The molecule has 2 unspecified atom stereocenters. The Balaban J connectivity index is 1.11. The number of nitrogens with one attached hydrogen (secondary N) is 4. The molecule has 14 nitrogen and oxygen atoms in total. The molecule has 6 rings (SSSR count). The van der Waals surface area contributed by atoms with Crippen molar-refractivity contribution >= 4 is 24.0 Å². The highest BCUT2D eigenvalue weighted by molar-refractivity contribution is 5.86. The number of benzene rings is 2. The van der Waals surface area contributed by atoms with Crippen molar-refractivity contribution in [1.29, 1.82) is 0 Å². The average Bonchev–Trinajstić information content (AvgIpc) is 4.00. The smallest absolute Gasteiger partial charge is 0.425 e. The van der Waals surface area contributed by atoms with E-state index in [2.05, 4.69) is 74.2 Å². The fourth-order valence-electron chi connectivity index (χ4n) is 7.72. The van der Waals surface area contributed by atoms with E-state index in [0.29, 0.717) is 6.54 Å². The number of rotatable bonds is 10. The number of imidazole rings is 2. The SMILES string of the molecule is COC(=O)N[C@H](C(=O)N1CCC[C@H]1c1ncc(-c2ccc(-c3ccc(-c4cnc(C5CCCCC5C(=O)N(NC(=O)OC)C(C)C)[nH]4)cc3)cc2)[nH]1)C(C)C. The molecule has 4 aromatic rings. The number of carbonyl (C=O) groups is 4. The predicted molar refractivity (Wildman–Crippen MR) is 207 cm³/mol. The highest BCUT2D eigenvalue weighted by Crippen LogP contribution is 2.39. The van der Waals surface area contributed by atoms with Crippen LogP contribution in [0.4, 0.5) is 9.59 Å². The van der Waals surface area contributed by atoms with E-state index in [-0.39, 0.29) is 41.7 Å². The van der Waals surface area contributed by atoms with E-state index in [0.717, 1.165) is 83.8 Å². The van der Waals surface area contributed by atoms with Gasteiger partial charge in [-0.05, 0) is 67.7 Å². The Morgan fingerprint density at radius 3 is 1.85 bits per heavy atom. The molecular weight excluding hydrogens is 701 g/mol. The van der Waals surface area contributed by atoms with E-state index < -0.39 is 18.2 Å². The quantitative estimate of drug-likeness (QED) is 0.126. The van der Waals surface area contributed by atoms with Crippen LogP contribution in [0.15, 0.2) is 60.9 Å². The Morgan fingerprint density at radius 2 is 1.29 bits per heavy atom. The number of likely N-dealkylation sites (tertiary alicyclic amines) is 1. The molecule has 4 N–H and O–H groups in total. The molecule has 4 amide bonds. The first-order chi connectivity index (χ1) is 26.5. The van der Waals surface area contributed by atoms with Crippen LogP contribution in [0.5, 0.6) is 0 Å². The number of nitrogens with zero attached hydrogens (tertiary/aromatic N) is 4. The summed E-state index contributed by atoms with van der Waals surface area (Å²) < 4.78 is 9.51. The molecule has 14 heteroatoms. The fourth-order valence-corrected chi connectivity index (χ4v) is 7.72. The summed E-state index contributed by atoms with van der Waals surface area (Å²) >= 11 is 0. The molecule has 4 atom stereocenters. The maximum Gasteiger partial charge on any atom is 0.425 e. The third-order valence-electron chi connectivity index (χ3n) is 10.7. The van der Waals surface area contributed by atoms with Gasteiger partial charge in [0.05, 0.1) is 44.0 Å². The number of amides is 4. The summed E-state index contributed by atoms with van der Waals surface area (Å²) in [6.07, 6.45) is 7.45. The molecule has 55 heavy (non-hydrogen) atoms. The van der Waals surface area contributed by atoms with Crippen molar-refractivity contribution in [3.8, 4) is 33.6 Å². The van der Waals surface area contributed by atoms with Crippen molar-refractivity contribution in [2.75, 3.05) is 20.8 Å². The van der Waals surface area contributed by atoms with E-state index >= 15 is 0 Å². The average molecular weight is 753 g/mol. The van der Waals surface area contributed by atoms with E-state index in [4.69, 9.17) is 14.5 Å². The molecule has 0 bridgehead atoms. The van der Waals surface area contributed by atoms with Gasteiger partial charge in [0.2, 0.25) is 11.8 Å². The van der Waals surface area contributed by atoms with Crippen LogP contribution in [0.25, 0.3) is 33.6 Å². The van der Waals surface area contributed by atoms with Gasteiger partial charge in [-0.3, -0.25) is 9.59 Å². The minimum absolute atomic E-state index is 0.0911. The minimum atomic E-state index is -0.687. The second-order valence-electron chi connectivity index (χ2n) is 15.0. The molecular formula is C41H52N8O6. The van der Waals surface area contributed by atoms with Crippen molar-refractivity contribution in [3.05, 3.63) is 72.6 Å². The number of carbonyl (C=O) groups excluding carboxylic acids is 4. The van der Waals surface area contributed by atoms with Gasteiger partial charge < -0.3 is 29.7 Å². The van der Waals surface area contributed by atoms with Crippen molar-refractivity contribution in [1.82, 2.24) is 40.6 Å². The second kappa shape index (κ2) is 17.2. The van der Waals surface area contributed by atoms with Crippen molar-refractivity contribution in [3.63, 3.8) is 0 Å². The van der Waals surface area contributed by atoms with Crippen LogP contribution in [0, 0.1) is 11.8 Å². The highest BCUT2D eigenvalue weighted by Gasteiger charge is 2.39. The first kappa shape index (κ1) is 39.0. The number of hydrogen-bond donors (Lipinski definition) is 4. The fraction of sp³-hybridized carbons (Fsp3) is 0.463. The molecule has 1 saturated carbocycles. The molecule has 1 saturated heterocycles. The number of aromatic nitrogens is 4. The van der Waals surface area contributed by atoms with Gasteiger partial charge in [-0.15, -0.1) is 0 Å². The zero-order chi connectivity index (χ0) is 39.2. The first-order valence-corrected chi connectivity index (χ1v) is 19.1. The van der Waals surface area contributed by atoms with Gasteiger partial charge in [0.15, 0.2) is 0 Å². The summed E-state index contributed by atoms with van der Waals surface area (Å²) in [5.74, 6) is 0.718. The molecule has 2 fully saturated rings. The standard InChI is InChI=1S/C41H52N8O6/c1-24(2)35(46-40(52)54-5)39(51)48-21-9-12-34(48)37-43-23-33(45-37)29-19-15-27(16-20-29)26-13-17-28(18-14-26)32-22-42-36(44-32)30-10-7-8-11-31(30)38(50)49(25(3)4)47-41(53)55-6/h13-20,22-25,30-31,34-35H,7-12,21H2,1-6H3,(H,42,44)(H,43,45)(H,46,52)(H,47,53)/t30?,31?,34-,35-/m0/s1. The summed E-state index contributed by atoms with van der Waals surface area (Å²) in [6, 6.07) is 15.4. The van der Waals surface area contributed by atoms with Gasteiger partial charge in [0.25, 0.3) is 0 Å². The van der Waals surface area contributed by atoms with Crippen LogP contribution >= 0.6 is 0 Å². The molecule has 0 spiro atoms. The first-order valence-electron chi connectivity index (χ1n) is 19.1. The molecule has 1 aliphatic carbocycles. The summed E-state index contributed by atoms with van der Waals surface area (Å²) in [4.78, 5) is 69.3. The Hall–Kier alpha value is -5.66. The summed E-state index contributed by atoms with van der Waals surface area (Å²) in [7, 11) is 2.57. The van der Waals surface area contributed by atoms with Gasteiger partial charge in [0, 0.05) is 24.4 Å². The maximum absolute atomic E-state index is 13.7. The summed E-state index contributed by atoms with van der Waals surface area (Å²) in [5.41, 5.74) is 8.40. The second-order valence-corrected chi connectivity index (χ2v) is 15.0. The van der Waals surface area contributed by atoms with E-state index in [1.54, 1.807) is 6.20 Å². The number of alkyl carbamates (subject to hydrolysis) is 1. The Bertz CT molecular complexity index is 1950. The monoisotopic (exact) mass is 752 g/mol. The lowest BCUT2D eigenvalue weighted by Gasteiger charge is -2.35. The Morgan fingerprint density at radius 1 is 0.745 bits per heavy atom. The largest absolute Gasteiger partial charge is 0.453 e. The predicted octanol–water partition coefficient (Wildman–Crippen LogP) is 6.96. The third kappa shape index (κ3) is 8.68. The molecule has 2 aliphatic rings. The number of hydrazine groups is 1. The van der Waals surface area contributed by atoms with Crippen LogP contribution in [0.2, 0.25) is 0 Å². The number of ether oxygens (including phenoxy) is 2. The topological polar surface area (TPSA) is 175 Å². The molecule has 2 aromatic carbocycles. The van der Waals surface area contributed by atoms with Crippen LogP contribution < -0.4 is 10.7 Å². The molecule has 3 heterocycles. The normalized spacial score (nSPS) is 18.9. The zero-order valence-corrected chi connectivity index (χ0v) is 32.4. The third-order valence-corrected chi connectivity index (χ3v) is 10.7. The molecule has 2 aromatic heterocycles. The lowest BCUT2D eigenvalue weighted by molar-refractivity contribution is -0.142. The Labute approximate surface area is 321 Å². The van der Waals surface area contributed by atoms with Gasteiger partial charge >= 0.3 is 12.2 Å². The van der Waals surface area contributed by atoms with Crippen LogP contribution in [-0.2, 0) is 19.1 Å². The number of hydrogen-bond acceptors (Lipinski definition) is 8. The minimum Gasteiger partial charge on any atom is -0.453 e. The Kier molecular flexibility index (Phi) is 12.2. The van der Waals surface area contributed by atoms with Crippen molar-refractivity contribution in [2.45, 2.75) is 90.3 Å². The highest BCUT2D eigenvalue weighted by atomic mass is 16.5. The molecule has 1 aliphatic heterocycles. The number of methoxy groups -OCH3 is 2. The summed E-state index contributed by atoms with van der Waals surface area (Å²) in [5, 5.41) is 4.07. The van der Waals surface area contributed by atoms with E-state index in [1.165, 1.54) is 19.2 Å². The number of aromatic amines is 2. The van der Waals surface area contributed by atoms with Crippen molar-refractivity contribution in [2.24, 2.45) is 11.8 Å². The van der Waals surface area contributed by atoms with E-state index in [1.807, 2.05) is 38.8 Å². The van der Waals surface area contributed by atoms with Gasteiger partial charge in [-0.25, -0.2) is 30.0 Å². The summed E-state index contributed by atoms with van der Waals surface area (Å²) in [6.45, 7) is 8.11. The van der Waals surface area contributed by atoms with Crippen LogP contribution in [0.1, 0.15) is 89.8 Å². The lowest BCUT2D eigenvalue weighted by atomic mass is 9.78. The maximum atomic E-state index is 13.7. The van der Waals surface area contributed by atoms with E-state index in [9.17, 15) is 19.2 Å². The van der Waals surface area contributed by atoms with Gasteiger partial charge in [-0.1, -0.05) is 75.2 Å². The lowest BCUT2D eigenvalue weighted by Crippen LogP contribution is -2.53. The molecule has 292 valence electrons. The zero-order valence-electron chi connectivity index (χ0n) is 32.4.